The smallest absolute Gasteiger partial charge is 0.164 e. The third kappa shape index (κ3) is 4.71. The molecule has 0 saturated carbocycles. The maximum Gasteiger partial charge on any atom is 0.164 e. The lowest BCUT2D eigenvalue weighted by Gasteiger charge is -2.26. The summed E-state index contributed by atoms with van der Waals surface area (Å²) < 4.78 is 0. The number of benzene rings is 2. The van der Waals surface area contributed by atoms with E-state index in [0.29, 0.717) is 18.2 Å². The van der Waals surface area contributed by atoms with Crippen molar-refractivity contribution in [3.05, 3.63) is 65.7 Å². The summed E-state index contributed by atoms with van der Waals surface area (Å²) in [7, 11) is 0. The van der Waals surface area contributed by atoms with Crippen LogP contribution >= 0.6 is 0 Å². The highest BCUT2D eigenvalue weighted by Crippen LogP contribution is 2.12. The fraction of sp³-hybridized carbons (Fsp3) is 0.316. The number of hydrogen-bond acceptors (Lipinski definition) is 3. The Morgan fingerprint density at radius 1 is 1.05 bits per heavy atom. The number of nitrogen functional groups attached to an aromatic ring is 1. The quantitative estimate of drug-likeness (QED) is 0.625. The lowest BCUT2D eigenvalue weighted by Crippen LogP contribution is -2.32. The van der Waals surface area contributed by atoms with Crippen LogP contribution < -0.4 is 5.73 Å². The van der Waals surface area contributed by atoms with Gasteiger partial charge < -0.3 is 5.73 Å². The molecule has 0 atom stereocenters. The van der Waals surface area contributed by atoms with Crippen LogP contribution in [0.1, 0.15) is 36.2 Å². The maximum atomic E-state index is 12.3. The molecule has 22 heavy (non-hydrogen) atoms. The highest BCUT2D eigenvalue weighted by atomic mass is 16.1. The molecule has 116 valence electrons. The molecular formula is C19H24N2O. The molecule has 2 aromatic carbocycles. The molecule has 0 saturated heterocycles. The number of carbonyl (C=O) groups is 1. The summed E-state index contributed by atoms with van der Waals surface area (Å²) in [4.78, 5) is 14.6. The minimum Gasteiger partial charge on any atom is -0.399 e. The molecule has 2 N–H and O–H groups in total. The van der Waals surface area contributed by atoms with E-state index in [0.717, 1.165) is 18.7 Å². The number of nitrogens with two attached hydrogens (primary N) is 1. The molecule has 0 spiro atoms. The predicted molar refractivity (Wildman–Crippen MR) is 91.8 cm³/mol. The van der Waals surface area contributed by atoms with Crippen LogP contribution in [0.5, 0.6) is 0 Å². The molecule has 0 aromatic heterocycles. The van der Waals surface area contributed by atoms with E-state index in [-0.39, 0.29) is 5.78 Å². The van der Waals surface area contributed by atoms with Crippen LogP contribution in [0.25, 0.3) is 0 Å². The summed E-state index contributed by atoms with van der Waals surface area (Å²) in [6, 6.07) is 17.9. The fourth-order valence-electron chi connectivity index (χ4n) is 2.40. The predicted octanol–water partition coefficient (Wildman–Crippen LogP) is 3.75. The third-order valence-electron chi connectivity index (χ3n) is 3.82. The van der Waals surface area contributed by atoms with Crippen LogP contribution in [-0.2, 0) is 6.54 Å². The average Bonchev–Trinajstić information content (AvgIpc) is 2.52. The second-order valence-corrected chi connectivity index (χ2v) is 5.85. The molecule has 2 rings (SSSR count). The van der Waals surface area contributed by atoms with Gasteiger partial charge in [0.05, 0.1) is 0 Å². The Labute approximate surface area is 132 Å². The Morgan fingerprint density at radius 2 is 1.68 bits per heavy atom. The van der Waals surface area contributed by atoms with E-state index in [9.17, 15) is 4.79 Å². The van der Waals surface area contributed by atoms with Crippen LogP contribution in [0.15, 0.2) is 54.6 Å². The van der Waals surface area contributed by atoms with E-state index >= 15 is 0 Å². The minimum absolute atomic E-state index is 0.165. The Morgan fingerprint density at radius 3 is 2.27 bits per heavy atom. The van der Waals surface area contributed by atoms with Gasteiger partial charge in [-0.15, -0.1) is 0 Å². The third-order valence-corrected chi connectivity index (χ3v) is 3.82. The summed E-state index contributed by atoms with van der Waals surface area (Å²) in [5, 5.41) is 0. The van der Waals surface area contributed by atoms with Gasteiger partial charge in [0.1, 0.15) is 0 Å². The number of nitrogens with zero attached hydrogens (tertiary/aromatic N) is 1. The molecule has 0 aliphatic rings. The first kappa shape index (κ1) is 16.2. The molecule has 2 aromatic rings. The lowest BCUT2D eigenvalue weighted by atomic mass is 10.1. The Bertz CT molecular complexity index is 591. The van der Waals surface area contributed by atoms with E-state index in [2.05, 4.69) is 30.9 Å². The van der Waals surface area contributed by atoms with Crippen LogP contribution in [-0.4, -0.2) is 23.3 Å². The molecule has 0 amide bonds. The van der Waals surface area contributed by atoms with E-state index in [1.165, 1.54) is 5.56 Å². The van der Waals surface area contributed by atoms with Crippen LogP contribution in [0.4, 0.5) is 5.69 Å². The van der Waals surface area contributed by atoms with E-state index in [1.54, 1.807) is 24.3 Å². The van der Waals surface area contributed by atoms with Gasteiger partial charge in [-0.25, -0.2) is 0 Å². The van der Waals surface area contributed by atoms with Crippen molar-refractivity contribution in [1.82, 2.24) is 4.90 Å². The Kier molecular flexibility index (Phi) is 5.73. The lowest BCUT2D eigenvalue weighted by molar-refractivity contribution is 0.0952. The molecule has 3 heteroatoms. The zero-order valence-electron chi connectivity index (χ0n) is 13.3. The maximum absolute atomic E-state index is 12.3. The molecule has 0 unspecified atom stereocenters. The first-order valence-electron chi connectivity index (χ1n) is 7.73. The van der Waals surface area contributed by atoms with Gasteiger partial charge in [-0.1, -0.05) is 30.3 Å². The van der Waals surface area contributed by atoms with Gasteiger partial charge in [0.2, 0.25) is 0 Å². The van der Waals surface area contributed by atoms with Crippen molar-refractivity contribution in [2.75, 3.05) is 12.3 Å². The number of ketones is 1. The number of Topliss-reactive ketones (excluding diaryl/α,β-unsaturated/α-hetero) is 1. The van der Waals surface area contributed by atoms with Gasteiger partial charge in [0, 0.05) is 36.8 Å². The van der Waals surface area contributed by atoms with Crippen molar-refractivity contribution in [2.45, 2.75) is 32.9 Å². The topological polar surface area (TPSA) is 46.3 Å². The summed E-state index contributed by atoms with van der Waals surface area (Å²) in [6.45, 7) is 5.95. The second kappa shape index (κ2) is 7.76. The molecule has 0 bridgehead atoms. The highest BCUT2D eigenvalue weighted by Gasteiger charge is 2.13. The Balaban J connectivity index is 1.94. The zero-order chi connectivity index (χ0) is 15.9. The van der Waals surface area contributed by atoms with Gasteiger partial charge in [0.25, 0.3) is 0 Å². The zero-order valence-corrected chi connectivity index (χ0v) is 13.3. The van der Waals surface area contributed by atoms with Crippen molar-refractivity contribution in [2.24, 2.45) is 0 Å². The van der Waals surface area contributed by atoms with Crippen LogP contribution in [0.2, 0.25) is 0 Å². The van der Waals surface area contributed by atoms with Crippen molar-refractivity contribution in [3.8, 4) is 0 Å². The van der Waals surface area contributed by atoms with Gasteiger partial charge in [-0.2, -0.15) is 0 Å². The number of hydrogen-bond donors (Lipinski definition) is 1. The summed E-state index contributed by atoms with van der Waals surface area (Å²) in [5.41, 5.74) is 8.35. The number of rotatable bonds is 7. The first-order valence-corrected chi connectivity index (χ1v) is 7.73. The van der Waals surface area contributed by atoms with Gasteiger partial charge in [0.15, 0.2) is 5.78 Å². The number of anilines is 1. The molecular weight excluding hydrogens is 272 g/mol. The van der Waals surface area contributed by atoms with Gasteiger partial charge >= 0.3 is 0 Å². The van der Waals surface area contributed by atoms with Crippen molar-refractivity contribution in [3.63, 3.8) is 0 Å². The minimum atomic E-state index is 0.165. The standard InChI is InChI=1S/C19H24N2O/c1-15(2)21(14-16-6-4-3-5-7-16)13-12-19(22)17-8-10-18(20)11-9-17/h3-11,15H,12-14,20H2,1-2H3. The number of carbonyl (C=O) groups excluding carboxylic acids is 1. The van der Waals surface area contributed by atoms with Crippen LogP contribution in [0.3, 0.4) is 0 Å². The fourth-order valence-corrected chi connectivity index (χ4v) is 2.40. The molecule has 0 fully saturated rings. The molecule has 0 heterocycles. The van der Waals surface area contributed by atoms with Crippen molar-refractivity contribution >= 4 is 11.5 Å². The molecule has 0 aliphatic heterocycles. The monoisotopic (exact) mass is 296 g/mol. The molecule has 0 aliphatic carbocycles. The summed E-state index contributed by atoms with van der Waals surface area (Å²) in [5.74, 6) is 0.165. The second-order valence-electron chi connectivity index (χ2n) is 5.85. The normalized spacial score (nSPS) is 11.1. The summed E-state index contributed by atoms with van der Waals surface area (Å²) >= 11 is 0. The van der Waals surface area contributed by atoms with E-state index < -0.39 is 0 Å². The highest BCUT2D eigenvalue weighted by molar-refractivity contribution is 5.96. The van der Waals surface area contributed by atoms with Gasteiger partial charge in [-0.05, 0) is 43.7 Å². The van der Waals surface area contributed by atoms with E-state index in [1.807, 2.05) is 18.2 Å². The molecule has 0 radical (unpaired) electrons. The van der Waals surface area contributed by atoms with Crippen molar-refractivity contribution < 1.29 is 4.79 Å². The van der Waals surface area contributed by atoms with Crippen molar-refractivity contribution in [1.29, 1.82) is 0 Å². The largest absolute Gasteiger partial charge is 0.399 e. The van der Waals surface area contributed by atoms with Crippen LogP contribution in [0, 0.1) is 0 Å². The van der Waals surface area contributed by atoms with Gasteiger partial charge in [-0.3, -0.25) is 9.69 Å². The summed E-state index contributed by atoms with van der Waals surface area (Å²) in [6.07, 6.45) is 0.523. The Hall–Kier alpha value is -2.13. The molecule has 3 nitrogen and oxygen atoms in total. The average molecular weight is 296 g/mol. The van der Waals surface area contributed by atoms with E-state index in [4.69, 9.17) is 5.73 Å². The first-order chi connectivity index (χ1) is 10.6. The SMILES string of the molecule is CC(C)N(CCC(=O)c1ccc(N)cc1)Cc1ccccc1.